The van der Waals surface area contributed by atoms with E-state index >= 15 is 0 Å². The summed E-state index contributed by atoms with van der Waals surface area (Å²) in [5.41, 5.74) is 3.02. The minimum absolute atomic E-state index is 0.140. The van der Waals surface area contributed by atoms with Crippen LogP contribution in [0.5, 0.6) is 0 Å². The van der Waals surface area contributed by atoms with Gasteiger partial charge in [0, 0.05) is 31.4 Å². The highest BCUT2D eigenvalue weighted by Crippen LogP contribution is 2.32. The molecule has 0 saturated carbocycles. The summed E-state index contributed by atoms with van der Waals surface area (Å²) in [6.07, 6.45) is 5.10. The lowest BCUT2D eigenvalue weighted by atomic mass is 9.99. The molecule has 0 bridgehead atoms. The molecule has 0 saturated heterocycles. The van der Waals surface area contributed by atoms with Gasteiger partial charge in [-0.05, 0) is 29.3 Å². The molecule has 2 heterocycles. The normalized spacial score (nSPS) is 17.3. The quantitative estimate of drug-likeness (QED) is 0.906. The van der Waals surface area contributed by atoms with E-state index in [-0.39, 0.29) is 11.9 Å². The number of hydrogen-bond donors (Lipinski definition) is 1. The maximum absolute atomic E-state index is 11.9. The first kappa shape index (κ1) is 17.1. The fraction of sp³-hybridized carbons (Fsp3) is 0.235. The standard InChI is InChI=1S/C17H18N4O3S/c1-12(22)21-17(14-4-3-9-18-11-14)10-16(19-21)13-5-7-15(8-6-13)20-25(2,23)24/h3-9,11,17,20H,10H2,1-2H3/t17-/m0/s1. The first-order valence-electron chi connectivity index (χ1n) is 7.69. The van der Waals surface area contributed by atoms with Gasteiger partial charge in [-0.2, -0.15) is 5.10 Å². The Morgan fingerprint density at radius 3 is 2.52 bits per heavy atom. The molecule has 2 aromatic rings. The van der Waals surface area contributed by atoms with Crippen molar-refractivity contribution in [2.24, 2.45) is 5.10 Å². The largest absolute Gasteiger partial charge is 0.284 e. The van der Waals surface area contributed by atoms with E-state index in [0.717, 1.165) is 23.1 Å². The zero-order chi connectivity index (χ0) is 18.0. The molecule has 1 aliphatic heterocycles. The first-order valence-corrected chi connectivity index (χ1v) is 9.58. The lowest BCUT2D eigenvalue weighted by Crippen LogP contribution is -2.24. The highest BCUT2D eigenvalue weighted by molar-refractivity contribution is 7.92. The number of aromatic nitrogens is 1. The molecule has 0 fully saturated rings. The molecule has 1 amide bonds. The molecule has 25 heavy (non-hydrogen) atoms. The molecular formula is C17H18N4O3S. The minimum atomic E-state index is -3.31. The molecule has 1 N–H and O–H groups in total. The van der Waals surface area contributed by atoms with E-state index in [2.05, 4.69) is 14.8 Å². The molecule has 0 aliphatic carbocycles. The second-order valence-corrected chi connectivity index (χ2v) is 7.62. The van der Waals surface area contributed by atoms with Crippen LogP contribution in [0.1, 0.15) is 30.5 Å². The molecule has 1 aromatic carbocycles. The second kappa shape index (κ2) is 6.64. The number of nitrogens with one attached hydrogen (secondary N) is 1. The second-order valence-electron chi connectivity index (χ2n) is 5.87. The lowest BCUT2D eigenvalue weighted by Gasteiger charge is -2.19. The van der Waals surface area contributed by atoms with Crippen molar-refractivity contribution in [3.05, 3.63) is 59.9 Å². The van der Waals surface area contributed by atoms with Gasteiger partial charge in [-0.25, -0.2) is 13.4 Å². The lowest BCUT2D eigenvalue weighted by molar-refractivity contribution is -0.130. The van der Waals surface area contributed by atoms with Crippen LogP contribution >= 0.6 is 0 Å². The molecule has 7 nitrogen and oxygen atoms in total. The van der Waals surface area contributed by atoms with Gasteiger partial charge in [-0.15, -0.1) is 0 Å². The third-order valence-corrected chi connectivity index (χ3v) is 4.43. The van der Waals surface area contributed by atoms with Crippen LogP contribution in [0, 0.1) is 0 Å². The number of hydrogen-bond acceptors (Lipinski definition) is 5. The summed E-state index contributed by atoms with van der Waals surface area (Å²) in [5, 5.41) is 5.92. The van der Waals surface area contributed by atoms with Crippen LogP contribution in [0.4, 0.5) is 5.69 Å². The molecular weight excluding hydrogens is 340 g/mol. The van der Waals surface area contributed by atoms with Crippen molar-refractivity contribution in [1.29, 1.82) is 0 Å². The number of sulfonamides is 1. The van der Waals surface area contributed by atoms with Crippen molar-refractivity contribution in [2.75, 3.05) is 11.0 Å². The summed E-state index contributed by atoms with van der Waals surface area (Å²) in [6.45, 7) is 1.48. The Bertz CT molecular complexity index is 909. The number of amides is 1. The van der Waals surface area contributed by atoms with Gasteiger partial charge in [0.2, 0.25) is 15.9 Å². The Balaban J connectivity index is 1.85. The molecule has 3 rings (SSSR count). The average Bonchev–Trinajstić information content (AvgIpc) is 3.00. The van der Waals surface area contributed by atoms with Crippen LogP contribution in [0.2, 0.25) is 0 Å². The van der Waals surface area contributed by atoms with Crippen LogP contribution in [0.25, 0.3) is 0 Å². The van der Waals surface area contributed by atoms with Crippen molar-refractivity contribution >= 4 is 27.3 Å². The van der Waals surface area contributed by atoms with Gasteiger partial charge in [0.1, 0.15) is 0 Å². The van der Waals surface area contributed by atoms with Crippen LogP contribution in [0.15, 0.2) is 53.9 Å². The van der Waals surface area contributed by atoms with Gasteiger partial charge >= 0.3 is 0 Å². The third kappa shape index (κ3) is 4.03. The predicted molar refractivity (Wildman–Crippen MR) is 95.6 cm³/mol. The predicted octanol–water partition coefficient (Wildman–Crippen LogP) is 2.15. The number of carbonyl (C=O) groups excluding carboxylic acids is 1. The molecule has 0 spiro atoms. The van der Waals surface area contributed by atoms with Gasteiger partial charge in [0.05, 0.1) is 18.0 Å². The van der Waals surface area contributed by atoms with Gasteiger partial charge in [-0.1, -0.05) is 18.2 Å². The molecule has 0 radical (unpaired) electrons. The highest BCUT2D eigenvalue weighted by Gasteiger charge is 2.31. The van der Waals surface area contributed by atoms with Gasteiger partial charge in [0.15, 0.2) is 0 Å². The number of anilines is 1. The maximum atomic E-state index is 11.9. The zero-order valence-electron chi connectivity index (χ0n) is 13.9. The van der Waals surface area contributed by atoms with E-state index in [1.54, 1.807) is 36.7 Å². The SMILES string of the molecule is CC(=O)N1N=C(c2ccc(NS(C)(=O)=O)cc2)C[C@H]1c1cccnc1. The summed E-state index contributed by atoms with van der Waals surface area (Å²) in [7, 11) is -3.31. The van der Waals surface area contributed by atoms with E-state index in [0.29, 0.717) is 12.1 Å². The Hall–Kier alpha value is -2.74. The van der Waals surface area contributed by atoms with E-state index < -0.39 is 10.0 Å². The van der Waals surface area contributed by atoms with Crippen molar-refractivity contribution in [3.63, 3.8) is 0 Å². The average molecular weight is 358 g/mol. The molecule has 1 aromatic heterocycles. The Kier molecular flexibility index (Phi) is 4.54. The van der Waals surface area contributed by atoms with Crippen LogP contribution in [-0.2, 0) is 14.8 Å². The summed E-state index contributed by atoms with van der Waals surface area (Å²) in [6, 6.07) is 10.5. The maximum Gasteiger partial charge on any atom is 0.240 e. The van der Waals surface area contributed by atoms with E-state index in [1.165, 1.54) is 11.9 Å². The van der Waals surface area contributed by atoms with E-state index in [4.69, 9.17) is 0 Å². The first-order chi connectivity index (χ1) is 11.8. The van der Waals surface area contributed by atoms with Gasteiger partial charge in [-0.3, -0.25) is 14.5 Å². The highest BCUT2D eigenvalue weighted by atomic mass is 32.2. The molecule has 0 unspecified atom stereocenters. The Morgan fingerprint density at radius 2 is 1.96 bits per heavy atom. The Morgan fingerprint density at radius 1 is 1.24 bits per heavy atom. The molecule has 130 valence electrons. The fourth-order valence-electron chi connectivity index (χ4n) is 2.75. The molecule has 1 aliphatic rings. The van der Waals surface area contributed by atoms with Crippen molar-refractivity contribution in [2.45, 2.75) is 19.4 Å². The van der Waals surface area contributed by atoms with Crippen molar-refractivity contribution < 1.29 is 13.2 Å². The van der Waals surface area contributed by atoms with Gasteiger partial charge in [0.25, 0.3) is 0 Å². The summed E-state index contributed by atoms with van der Waals surface area (Å²) < 4.78 is 25.0. The fourth-order valence-corrected chi connectivity index (χ4v) is 3.32. The minimum Gasteiger partial charge on any atom is -0.284 e. The number of pyridine rings is 1. The smallest absolute Gasteiger partial charge is 0.240 e. The zero-order valence-corrected chi connectivity index (χ0v) is 14.7. The van der Waals surface area contributed by atoms with Gasteiger partial charge < -0.3 is 0 Å². The van der Waals surface area contributed by atoms with Crippen LogP contribution < -0.4 is 4.72 Å². The summed E-state index contributed by atoms with van der Waals surface area (Å²) in [4.78, 5) is 16.1. The van der Waals surface area contributed by atoms with E-state index in [1.807, 2.05) is 12.1 Å². The summed E-state index contributed by atoms with van der Waals surface area (Å²) >= 11 is 0. The number of nitrogens with zero attached hydrogens (tertiary/aromatic N) is 3. The Labute approximate surface area is 146 Å². The molecule has 8 heteroatoms. The van der Waals surface area contributed by atoms with E-state index in [9.17, 15) is 13.2 Å². The third-order valence-electron chi connectivity index (χ3n) is 3.82. The summed E-state index contributed by atoms with van der Waals surface area (Å²) in [5.74, 6) is -0.140. The van der Waals surface area contributed by atoms with Crippen molar-refractivity contribution in [1.82, 2.24) is 9.99 Å². The molecule has 1 atom stereocenters. The van der Waals surface area contributed by atoms with Crippen LogP contribution in [0.3, 0.4) is 0 Å². The van der Waals surface area contributed by atoms with Crippen molar-refractivity contribution in [3.8, 4) is 0 Å². The van der Waals surface area contributed by atoms with Crippen LogP contribution in [-0.4, -0.2) is 36.3 Å². The number of hydrazone groups is 1. The monoisotopic (exact) mass is 358 g/mol. The topological polar surface area (TPSA) is 91.7 Å². The number of carbonyl (C=O) groups is 1. The number of benzene rings is 1. The number of rotatable bonds is 4.